The molecule has 0 atom stereocenters. The van der Waals surface area contributed by atoms with Crippen molar-refractivity contribution in [1.82, 2.24) is 19.9 Å². The van der Waals surface area contributed by atoms with Gasteiger partial charge >= 0.3 is 6.03 Å². The summed E-state index contributed by atoms with van der Waals surface area (Å²) in [5.74, 6) is 0.912. The molecule has 0 unspecified atom stereocenters. The van der Waals surface area contributed by atoms with Crippen molar-refractivity contribution in [2.75, 3.05) is 34.2 Å². The van der Waals surface area contributed by atoms with E-state index in [4.69, 9.17) is 4.52 Å². The summed E-state index contributed by atoms with van der Waals surface area (Å²) in [6.45, 7) is 6.84. The van der Waals surface area contributed by atoms with E-state index in [1.54, 1.807) is 19.0 Å². The van der Waals surface area contributed by atoms with Crippen LogP contribution in [0.25, 0.3) is 0 Å². The summed E-state index contributed by atoms with van der Waals surface area (Å²) in [5.41, 5.74) is 2.18. The Morgan fingerprint density at radius 3 is 2.38 bits per heavy atom. The SMILES string of the molecule is Cc1noc(C)c1CN1CCC(N(C)C(=O)N(C)C)CC1. The van der Waals surface area contributed by atoms with Crippen molar-refractivity contribution in [3.05, 3.63) is 17.0 Å². The summed E-state index contributed by atoms with van der Waals surface area (Å²) in [4.78, 5) is 17.9. The number of carbonyl (C=O) groups excluding carboxylic acids is 1. The van der Waals surface area contributed by atoms with Crippen molar-refractivity contribution in [2.45, 2.75) is 39.3 Å². The molecule has 21 heavy (non-hydrogen) atoms. The Morgan fingerprint density at radius 2 is 1.90 bits per heavy atom. The van der Waals surface area contributed by atoms with E-state index in [9.17, 15) is 4.79 Å². The number of hydrogen-bond acceptors (Lipinski definition) is 4. The molecule has 2 rings (SSSR count). The third-order valence-corrected chi connectivity index (χ3v) is 4.35. The fourth-order valence-corrected chi connectivity index (χ4v) is 2.89. The second-order valence-corrected chi connectivity index (χ2v) is 6.10. The van der Waals surface area contributed by atoms with Crippen LogP contribution in [0.2, 0.25) is 0 Å². The second-order valence-electron chi connectivity index (χ2n) is 6.10. The van der Waals surface area contributed by atoms with Gasteiger partial charge in [0.1, 0.15) is 5.76 Å². The van der Waals surface area contributed by atoms with E-state index in [1.807, 2.05) is 25.8 Å². The van der Waals surface area contributed by atoms with Crippen LogP contribution in [0.3, 0.4) is 0 Å². The number of amides is 2. The lowest BCUT2D eigenvalue weighted by molar-refractivity contribution is 0.118. The predicted octanol–water partition coefficient (Wildman–Crippen LogP) is 1.87. The number of urea groups is 1. The molecule has 0 spiro atoms. The zero-order chi connectivity index (χ0) is 15.6. The average molecular weight is 294 g/mol. The lowest BCUT2D eigenvalue weighted by Gasteiger charge is -2.37. The lowest BCUT2D eigenvalue weighted by Crippen LogP contribution is -2.48. The quantitative estimate of drug-likeness (QED) is 0.854. The maximum absolute atomic E-state index is 12.0. The molecular weight excluding hydrogens is 268 g/mol. The molecule has 2 amide bonds. The highest BCUT2D eigenvalue weighted by Gasteiger charge is 2.26. The Bertz CT molecular complexity index is 470. The fourth-order valence-electron chi connectivity index (χ4n) is 2.89. The highest BCUT2D eigenvalue weighted by molar-refractivity contribution is 5.73. The van der Waals surface area contributed by atoms with Crippen LogP contribution in [0.5, 0.6) is 0 Å². The van der Waals surface area contributed by atoms with Gasteiger partial charge in [0, 0.05) is 52.4 Å². The van der Waals surface area contributed by atoms with Crippen LogP contribution in [-0.2, 0) is 6.54 Å². The van der Waals surface area contributed by atoms with Gasteiger partial charge in [-0.3, -0.25) is 4.90 Å². The summed E-state index contributed by atoms with van der Waals surface area (Å²) >= 11 is 0. The minimum Gasteiger partial charge on any atom is -0.361 e. The van der Waals surface area contributed by atoms with Crippen molar-refractivity contribution in [3.8, 4) is 0 Å². The van der Waals surface area contributed by atoms with E-state index < -0.39 is 0 Å². The Hall–Kier alpha value is -1.56. The van der Waals surface area contributed by atoms with Gasteiger partial charge in [-0.25, -0.2) is 4.79 Å². The topological polar surface area (TPSA) is 52.8 Å². The molecule has 6 heteroatoms. The average Bonchev–Trinajstić information content (AvgIpc) is 2.78. The first-order valence-electron chi connectivity index (χ1n) is 7.48. The predicted molar refractivity (Wildman–Crippen MR) is 81.1 cm³/mol. The standard InChI is InChI=1S/C15H26N4O2/c1-11-14(12(2)21-16-11)10-19-8-6-13(7-9-19)18(5)15(20)17(3)4/h13H,6-10H2,1-5H3. The van der Waals surface area contributed by atoms with Crippen LogP contribution in [0, 0.1) is 13.8 Å². The molecule has 1 fully saturated rings. The summed E-state index contributed by atoms with van der Waals surface area (Å²) in [6, 6.07) is 0.417. The minimum absolute atomic E-state index is 0.0826. The van der Waals surface area contributed by atoms with Gasteiger partial charge in [-0.15, -0.1) is 0 Å². The van der Waals surface area contributed by atoms with E-state index in [0.29, 0.717) is 6.04 Å². The largest absolute Gasteiger partial charge is 0.361 e. The van der Waals surface area contributed by atoms with E-state index in [2.05, 4.69) is 10.1 Å². The molecule has 1 saturated heterocycles. The van der Waals surface area contributed by atoms with Gasteiger partial charge < -0.3 is 14.3 Å². The molecule has 0 radical (unpaired) electrons. The van der Waals surface area contributed by atoms with Crippen molar-refractivity contribution in [1.29, 1.82) is 0 Å². The van der Waals surface area contributed by atoms with E-state index >= 15 is 0 Å². The van der Waals surface area contributed by atoms with Gasteiger partial charge in [0.25, 0.3) is 0 Å². The number of hydrogen-bond donors (Lipinski definition) is 0. The summed E-state index contributed by atoms with van der Waals surface area (Å²) in [7, 11) is 5.49. The number of nitrogens with zero attached hydrogens (tertiary/aromatic N) is 4. The number of likely N-dealkylation sites (tertiary alicyclic amines) is 1. The van der Waals surface area contributed by atoms with Crippen LogP contribution in [0.4, 0.5) is 4.79 Å². The summed E-state index contributed by atoms with van der Waals surface area (Å²) in [6.07, 6.45) is 2.03. The van der Waals surface area contributed by atoms with Gasteiger partial charge in [0.2, 0.25) is 0 Å². The number of rotatable bonds is 3. The van der Waals surface area contributed by atoms with Crippen LogP contribution in [0.15, 0.2) is 4.52 Å². The molecule has 0 aliphatic carbocycles. The highest BCUT2D eigenvalue weighted by Crippen LogP contribution is 2.21. The maximum atomic E-state index is 12.0. The van der Waals surface area contributed by atoms with Gasteiger partial charge in [0.05, 0.1) is 5.69 Å². The van der Waals surface area contributed by atoms with Crippen molar-refractivity contribution >= 4 is 6.03 Å². The smallest absolute Gasteiger partial charge is 0.319 e. The van der Waals surface area contributed by atoms with Crippen LogP contribution in [0.1, 0.15) is 29.9 Å². The first-order chi connectivity index (χ1) is 9.90. The molecule has 118 valence electrons. The zero-order valence-corrected chi connectivity index (χ0v) is 13.7. The fraction of sp³-hybridized carbons (Fsp3) is 0.733. The lowest BCUT2D eigenvalue weighted by atomic mass is 10.0. The first-order valence-corrected chi connectivity index (χ1v) is 7.48. The molecule has 1 aromatic rings. The molecule has 1 aliphatic heterocycles. The monoisotopic (exact) mass is 294 g/mol. The van der Waals surface area contributed by atoms with E-state index in [1.165, 1.54) is 5.56 Å². The molecular formula is C15H26N4O2. The Labute approximate surface area is 126 Å². The number of piperidine rings is 1. The van der Waals surface area contributed by atoms with Crippen molar-refractivity contribution in [2.24, 2.45) is 0 Å². The Balaban J connectivity index is 1.87. The Morgan fingerprint density at radius 1 is 1.29 bits per heavy atom. The number of aryl methyl sites for hydroxylation is 2. The van der Waals surface area contributed by atoms with Gasteiger partial charge in [-0.2, -0.15) is 0 Å². The van der Waals surface area contributed by atoms with Crippen LogP contribution < -0.4 is 0 Å². The highest BCUT2D eigenvalue weighted by atomic mass is 16.5. The minimum atomic E-state index is 0.0826. The van der Waals surface area contributed by atoms with E-state index in [-0.39, 0.29) is 6.03 Å². The molecule has 6 nitrogen and oxygen atoms in total. The molecule has 1 aromatic heterocycles. The van der Waals surface area contributed by atoms with Crippen LogP contribution >= 0.6 is 0 Å². The molecule has 0 N–H and O–H groups in total. The normalized spacial score (nSPS) is 17.0. The van der Waals surface area contributed by atoms with Crippen molar-refractivity contribution in [3.63, 3.8) is 0 Å². The second kappa shape index (κ2) is 6.47. The van der Waals surface area contributed by atoms with E-state index in [0.717, 1.165) is 43.9 Å². The third-order valence-electron chi connectivity index (χ3n) is 4.35. The zero-order valence-electron chi connectivity index (χ0n) is 13.7. The van der Waals surface area contributed by atoms with Gasteiger partial charge in [0.15, 0.2) is 0 Å². The number of carbonyl (C=O) groups is 1. The molecule has 0 saturated carbocycles. The third kappa shape index (κ3) is 3.56. The van der Waals surface area contributed by atoms with Gasteiger partial charge in [-0.05, 0) is 26.7 Å². The first kappa shape index (κ1) is 15.8. The van der Waals surface area contributed by atoms with Crippen LogP contribution in [-0.4, -0.2) is 66.2 Å². The Kier molecular flexibility index (Phi) is 4.88. The molecule has 0 aromatic carbocycles. The molecule has 1 aliphatic rings. The van der Waals surface area contributed by atoms with Gasteiger partial charge in [-0.1, -0.05) is 5.16 Å². The van der Waals surface area contributed by atoms with Crippen molar-refractivity contribution < 1.29 is 9.32 Å². The maximum Gasteiger partial charge on any atom is 0.319 e. The number of aromatic nitrogens is 1. The molecule has 0 bridgehead atoms. The molecule has 2 heterocycles. The summed E-state index contributed by atoms with van der Waals surface area (Å²) in [5, 5.41) is 4.01. The summed E-state index contributed by atoms with van der Waals surface area (Å²) < 4.78 is 5.22.